The van der Waals surface area contributed by atoms with E-state index in [1.54, 1.807) is 21.9 Å². The van der Waals surface area contributed by atoms with Crippen LogP contribution in [0.2, 0.25) is 0 Å². The summed E-state index contributed by atoms with van der Waals surface area (Å²) in [5.41, 5.74) is 0. The van der Waals surface area contributed by atoms with Gasteiger partial charge in [0.25, 0.3) is 5.91 Å². The fourth-order valence-electron chi connectivity index (χ4n) is 2.92. The van der Waals surface area contributed by atoms with Gasteiger partial charge in [-0.05, 0) is 37.1 Å². The molecule has 1 aromatic rings. The normalized spacial score (nSPS) is 21.1. The second-order valence-electron chi connectivity index (χ2n) is 5.95. The molecule has 0 spiro atoms. The molecular weight excluding hydrogens is 331 g/mol. The first kappa shape index (κ1) is 17.2. The van der Waals surface area contributed by atoms with E-state index in [1.165, 1.54) is 23.9 Å². The molecule has 0 unspecified atom stereocenters. The third-order valence-corrected chi connectivity index (χ3v) is 5.32. The highest BCUT2D eigenvalue weighted by Crippen LogP contribution is 2.20. The number of amides is 2. The Morgan fingerprint density at radius 1 is 1.12 bits per heavy atom. The monoisotopic (exact) mass is 352 g/mol. The van der Waals surface area contributed by atoms with Crippen LogP contribution in [0.25, 0.3) is 0 Å². The quantitative estimate of drug-likeness (QED) is 0.775. The van der Waals surface area contributed by atoms with Crippen molar-refractivity contribution in [2.24, 2.45) is 0 Å². The Kier molecular flexibility index (Phi) is 5.73. The first-order valence-corrected chi connectivity index (χ1v) is 9.18. The molecule has 7 heteroatoms. The number of ether oxygens (including phenoxy) is 1. The lowest BCUT2D eigenvalue weighted by Crippen LogP contribution is -2.53. The van der Waals surface area contributed by atoms with Gasteiger partial charge >= 0.3 is 0 Å². The molecule has 0 aromatic heterocycles. The number of nitrogens with zero attached hydrogens (tertiary/aromatic N) is 2. The Labute approximate surface area is 145 Å². The molecule has 2 heterocycles. The van der Waals surface area contributed by atoms with Gasteiger partial charge in [0, 0.05) is 37.7 Å². The number of benzene rings is 1. The van der Waals surface area contributed by atoms with E-state index in [0.29, 0.717) is 38.5 Å². The zero-order valence-electron chi connectivity index (χ0n) is 13.4. The van der Waals surface area contributed by atoms with E-state index < -0.39 is 0 Å². The maximum atomic E-state index is 12.9. The molecule has 0 aliphatic carbocycles. The summed E-state index contributed by atoms with van der Waals surface area (Å²) in [4.78, 5) is 29.0. The first-order chi connectivity index (χ1) is 11.6. The fraction of sp³-hybridized carbons (Fsp3) is 0.529. The van der Waals surface area contributed by atoms with Crippen molar-refractivity contribution in [2.75, 3.05) is 38.5 Å². The van der Waals surface area contributed by atoms with Crippen molar-refractivity contribution < 1.29 is 18.7 Å². The summed E-state index contributed by atoms with van der Waals surface area (Å²) >= 11 is 1.40. The molecule has 2 aliphatic rings. The van der Waals surface area contributed by atoms with Crippen molar-refractivity contribution in [2.45, 2.75) is 23.8 Å². The Morgan fingerprint density at radius 2 is 1.79 bits per heavy atom. The number of carbonyl (C=O) groups is 2. The van der Waals surface area contributed by atoms with Crippen LogP contribution in [0.1, 0.15) is 12.8 Å². The predicted octanol–water partition coefficient (Wildman–Crippen LogP) is 1.77. The average molecular weight is 352 g/mol. The SMILES string of the molecule is O=C(CSc1ccc(F)cc1)N1CCN(C(=O)[C@H]2CCCO2)CC1. The number of piperazine rings is 1. The molecule has 130 valence electrons. The number of hydrogen-bond donors (Lipinski definition) is 0. The van der Waals surface area contributed by atoms with E-state index in [2.05, 4.69) is 0 Å². The molecule has 24 heavy (non-hydrogen) atoms. The van der Waals surface area contributed by atoms with E-state index in [1.807, 2.05) is 0 Å². The van der Waals surface area contributed by atoms with Crippen LogP contribution in [-0.2, 0) is 14.3 Å². The van der Waals surface area contributed by atoms with Gasteiger partial charge in [0.2, 0.25) is 5.91 Å². The van der Waals surface area contributed by atoms with E-state index in [4.69, 9.17) is 4.74 Å². The zero-order valence-corrected chi connectivity index (χ0v) is 14.3. The van der Waals surface area contributed by atoms with Crippen LogP contribution in [0.15, 0.2) is 29.2 Å². The minimum absolute atomic E-state index is 0.0496. The zero-order chi connectivity index (χ0) is 16.9. The van der Waals surface area contributed by atoms with Crippen molar-refractivity contribution >= 4 is 23.6 Å². The summed E-state index contributed by atoms with van der Waals surface area (Å²) < 4.78 is 18.3. The second-order valence-corrected chi connectivity index (χ2v) is 7.00. The summed E-state index contributed by atoms with van der Waals surface area (Å²) in [5.74, 6) is 0.150. The molecule has 0 radical (unpaired) electrons. The van der Waals surface area contributed by atoms with Crippen molar-refractivity contribution in [3.63, 3.8) is 0 Å². The molecule has 1 atom stereocenters. The number of halogens is 1. The Bertz CT molecular complexity index is 582. The molecule has 3 rings (SSSR count). The summed E-state index contributed by atoms with van der Waals surface area (Å²) in [5, 5.41) is 0. The number of carbonyl (C=O) groups excluding carboxylic acids is 2. The average Bonchev–Trinajstić information content (AvgIpc) is 3.15. The number of hydrogen-bond acceptors (Lipinski definition) is 4. The summed E-state index contributed by atoms with van der Waals surface area (Å²) in [7, 11) is 0. The molecule has 0 saturated carbocycles. The summed E-state index contributed by atoms with van der Waals surface area (Å²) in [6, 6.07) is 6.13. The van der Waals surface area contributed by atoms with Crippen LogP contribution in [0.4, 0.5) is 4.39 Å². The highest BCUT2D eigenvalue weighted by Gasteiger charge is 2.31. The van der Waals surface area contributed by atoms with Gasteiger partial charge in [-0.3, -0.25) is 9.59 Å². The van der Waals surface area contributed by atoms with Crippen LogP contribution in [0.3, 0.4) is 0 Å². The van der Waals surface area contributed by atoms with E-state index in [-0.39, 0.29) is 23.7 Å². The summed E-state index contributed by atoms with van der Waals surface area (Å²) in [6.07, 6.45) is 1.45. The maximum absolute atomic E-state index is 12.9. The van der Waals surface area contributed by atoms with Gasteiger partial charge in [0.1, 0.15) is 11.9 Å². The minimum atomic E-state index is -0.290. The molecule has 0 N–H and O–H groups in total. The van der Waals surface area contributed by atoms with Crippen molar-refractivity contribution in [3.05, 3.63) is 30.1 Å². The molecule has 2 fully saturated rings. The first-order valence-electron chi connectivity index (χ1n) is 8.20. The largest absolute Gasteiger partial charge is 0.368 e. The molecule has 2 amide bonds. The van der Waals surface area contributed by atoms with Gasteiger partial charge in [-0.25, -0.2) is 4.39 Å². The molecule has 5 nitrogen and oxygen atoms in total. The third kappa shape index (κ3) is 4.27. The van der Waals surface area contributed by atoms with Gasteiger partial charge in [-0.2, -0.15) is 0 Å². The third-order valence-electron chi connectivity index (χ3n) is 4.33. The lowest BCUT2D eigenvalue weighted by molar-refractivity contribution is -0.145. The fourth-order valence-corrected chi connectivity index (χ4v) is 3.72. The van der Waals surface area contributed by atoms with Gasteiger partial charge < -0.3 is 14.5 Å². The molecule has 2 saturated heterocycles. The van der Waals surface area contributed by atoms with E-state index in [0.717, 1.165) is 17.7 Å². The number of rotatable bonds is 4. The highest BCUT2D eigenvalue weighted by atomic mass is 32.2. The van der Waals surface area contributed by atoms with Gasteiger partial charge in [-0.15, -0.1) is 11.8 Å². The van der Waals surface area contributed by atoms with Crippen molar-refractivity contribution in [1.82, 2.24) is 9.80 Å². The Hall–Kier alpha value is -1.60. The second kappa shape index (κ2) is 7.98. The van der Waals surface area contributed by atoms with Crippen LogP contribution in [0, 0.1) is 5.82 Å². The summed E-state index contributed by atoms with van der Waals surface area (Å²) in [6.45, 7) is 2.90. The van der Waals surface area contributed by atoms with Crippen LogP contribution in [0.5, 0.6) is 0 Å². The lowest BCUT2D eigenvalue weighted by atomic mass is 10.2. The van der Waals surface area contributed by atoms with Gasteiger partial charge in [-0.1, -0.05) is 0 Å². The standard InChI is InChI=1S/C17H21FN2O3S/c18-13-3-5-14(6-4-13)24-12-16(21)19-7-9-20(10-8-19)17(22)15-2-1-11-23-15/h3-6,15H,1-2,7-12H2/t15-/m1/s1. The molecule has 1 aromatic carbocycles. The van der Waals surface area contributed by atoms with E-state index in [9.17, 15) is 14.0 Å². The Balaban J connectivity index is 1.43. The Morgan fingerprint density at radius 3 is 2.42 bits per heavy atom. The topological polar surface area (TPSA) is 49.9 Å². The smallest absolute Gasteiger partial charge is 0.251 e. The predicted molar refractivity (Wildman–Crippen MR) is 89.3 cm³/mol. The number of thioether (sulfide) groups is 1. The maximum Gasteiger partial charge on any atom is 0.251 e. The molecule has 0 bridgehead atoms. The molecular formula is C17H21FN2O3S. The van der Waals surface area contributed by atoms with Crippen molar-refractivity contribution in [3.8, 4) is 0 Å². The van der Waals surface area contributed by atoms with Gasteiger partial charge in [0.05, 0.1) is 5.75 Å². The molecule has 2 aliphatic heterocycles. The van der Waals surface area contributed by atoms with Crippen LogP contribution < -0.4 is 0 Å². The van der Waals surface area contributed by atoms with Crippen LogP contribution >= 0.6 is 11.8 Å². The highest BCUT2D eigenvalue weighted by molar-refractivity contribution is 8.00. The van der Waals surface area contributed by atoms with Crippen LogP contribution in [-0.4, -0.2) is 66.3 Å². The van der Waals surface area contributed by atoms with Crippen molar-refractivity contribution in [1.29, 1.82) is 0 Å². The van der Waals surface area contributed by atoms with E-state index >= 15 is 0 Å². The lowest BCUT2D eigenvalue weighted by Gasteiger charge is -2.35. The minimum Gasteiger partial charge on any atom is -0.368 e. The van der Waals surface area contributed by atoms with Gasteiger partial charge in [0.15, 0.2) is 0 Å².